The van der Waals surface area contributed by atoms with Crippen molar-refractivity contribution in [1.29, 1.82) is 0 Å². The number of rotatable bonds is 5. The summed E-state index contributed by atoms with van der Waals surface area (Å²) in [4.78, 5) is 11.8. The quantitative estimate of drug-likeness (QED) is 0.770. The lowest BCUT2D eigenvalue weighted by molar-refractivity contribution is -0.117. The van der Waals surface area contributed by atoms with E-state index in [2.05, 4.69) is 25.9 Å². The molecule has 0 saturated carbocycles. The van der Waals surface area contributed by atoms with Crippen LogP contribution in [0, 0.1) is 0 Å². The van der Waals surface area contributed by atoms with Crippen LogP contribution in [-0.2, 0) is 14.6 Å². The van der Waals surface area contributed by atoms with Gasteiger partial charge in [-0.05, 0) is 19.1 Å². The van der Waals surface area contributed by atoms with Gasteiger partial charge in [-0.2, -0.15) is 5.21 Å². The van der Waals surface area contributed by atoms with Crippen molar-refractivity contribution in [2.75, 3.05) is 0 Å². The first-order valence-corrected chi connectivity index (χ1v) is 7.56. The molecule has 0 aliphatic heterocycles. The summed E-state index contributed by atoms with van der Waals surface area (Å²) in [6.07, 6.45) is 0.957. The summed E-state index contributed by atoms with van der Waals surface area (Å²) in [5.41, 5.74) is 0. The molecule has 0 bridgehead atoms. The van der Waals surface area contributed by atoms with Gasteiger partial charge in [-0.25, -0.2) is 8.42 Å². The van der Waals surface area contributed by atoms with Crippen LogP contribution < -0.4 is 5.32 Å². The molecule has 9 heteroatoms. The van der Waals surface area contributed by atoms with Crippen LogP contribution in [0.25, 0.3) is 0 Å². The Kier molecular flexibility index (Phi) is 4.43. The molecule has 0 radical (unpaired) electrons. The van der Waals surface area contributed by atoms with Crippen LogP contribution in [0.15, 0.2) is 46.7 Å². The highest BCUT2D eigenvalue weighted by molar-refractivity contribution is 7.94. The lowest BCUT2D eigenvalue weighted by atomic mass is 10.3. The molecule has 0 spiro atoms. The van der Waals surface area contributed by atoms with E-state index < -0.39 is 21.8 Å². The van der Waals surface area contributed by atoms with E-state index in [0.717, 1.165) is 11.5 Å². The molecular formula is C12H13N5O3S. The number of sulfone groups is 1. The van der Waals surface area contributed by atoms with Gasteiger partial charge in [0.2, 0.25) is 5.91 Å². The number of hydrogen-bond donors (Lipinski definition) is 2. The Hall–Kier alpha value is -2.55. The molecule has 21 heavy (non-hydrogen) atoms. The highest BCUT2D eigenvalue weighted by Crippen LogP contribution is 2.11. The normalized spacial score (nSPS) is 13.2. The number of nitrogens with zero attached hydrogens (tertiary/aromatic N) is 3. The average Bonchev–Trinajstić information content (AvgIpc) is 3.00. The third kappa shape index (κ3) is 3.96. The van der Waals surface area contributed by atoms with E-state index in [1.54, 1.807) is 25.1 Å². The lowest BCUT2D eigenvalue weighted by Gasteiger charge is -2.07. The maximum atomic E-state index is 11.9. The average molecular weight is 307 g/mol. The van der Waals surface area contributed by atoms with Crippen molar-refractivity contribution in [3.8, 4) is 0 Å². The zero-order chi connectivity index (χ0) is 15.3. The fourth-order valence-corrected chi connectivity index (χ4v) is 2.52. The Balaban J connectivity index is 2.02. The monoisotopic (exact) mass is 307 g/mol. The minimum Gasteiger partial charge on any atom is -0.343 e. The van der Waals surface area contributed by atoms with E-state index >= 15 is 0 Å². The molecule has 0 aliphatic carbocycles. The number of aromatic nitrogens is 4. The number of carbonyl (C=O) groups excluding carboxylic acids is 1. The van der Waals surface area contributed by atoms with Gasteiger partial charge in [0.25, 0.3) is 0 Å². The van der Waals surface area contributed by atoms with Gasteiger partial charge in [-0.1, -0.05) is 23.4 Å². The number of nitrogens with one attached hydrogen (secondary N) is 2. The molecular weight excluding hydrogens is 294 g/mol. The van der Waals surface area contributed by atoms with Crippen LogP contribution in [-0.4, -0.2) is 34.9 Å². The zero-order valence-electron chi connectivity index (χ0n) is 11.1. The summed E-state index contributed by atoms with van der Waals surface area (Å²) in [5.74, 6) is -0.255. The minimum atomic E-state index is -3.64. The summed E-state index contributed by atoms with van der Waals surface area (Å²) in [6, 6.07) is 7.36. The fourth-order valence-electron chi connectivity index (χ4n) is 1.52. The highest BCUT2D eigenvalue weighted by atomic mass is 32.2. The minimum absolute atomic E-state index is 0.125. The predicted octanol–water partition coefficient (Wildman–Crippen LogP) is 0.365. The summed E-state index contributed by atoms with van der Waals surface area (Å²) in [6.45, 7) is 1.66. The second kappa shape index (κ2) is 6.27. The van der Waals surface area contributed by atoms with E-state index in [1.165, 1.54) is 12.1 Å². The predicted molar refractivity (Wildman–Crippen MR) is 73.5 cm³/mol. The maximum absolute atomic E-state index is 11.9. The van der Waals surface area contributed by atoms with Gasteiger partial charge >= 0.3 is 0 Å². The molecule has 8 nitrogen and oxygen atoms in total. The molecule has 2 N–H and O–H groups in total. The van der Waals surface area contributed by atoms with Crippen molar-refractivity contribution in [2.24, 2.45) is 0 Å². The maximum Gasteiger partial charge on any atom is 0.245 e. The standard InChI is InChI=1S/C12H13N5O3S/c1-9(12-14-16-17-15-12)13-11(18)7-8-21(19,20)10-5-3-2-4-6-10/h2-9H,1H3,(H,13,18)(H,14,15,16,17). The van der Waals surface area contributed by atoms with Crippen molar-refractivity contribution in [3.05, 3.63) is 47.6 Å². The zero-order valence-corrected chi connectivity index (χ0v) is 11.9. The van der Waals surface area contributed by atoms with Crippen LogP contribution in [0.2, 0.25) is 0 Å². The Morgan fingerprint density at radius 1 is 1.33 bits per heavy atom. The van der Waals surface area contributed by atoms with Crippen LogP contribution in [0.1, 0.15) is 18.8 Å². The Labute approximate surface area is 121 Å². The summed E-state index contributed by atoms with van der Waals surface area (Å²) in [7, 11) is -3.64. The molecule has 1 atom stereocenters. The number of amides is 1. The Morgan fingerprint density at radius 2 is 2.05 bits per heavy atom. The third-order valence-corrected chi connectivity index (χ3v) is 4.00. The number of benzene rings is 1. The number of tetrazole rings is 1. The topological polar surface area (TPSA) is 118 Å². The van der Waals surface area contributed by atoms with Gasteiger partial charge in [0.1, 0.15) is 0 Å². The van der Waals surface area contributed by atoms with E-state index in [-0.39, 0.29) is 4.90 Å². The van der Waals surface area contributed by atoms with E-state index in [4.69, 9.17) is 0 Å². The smallest absolute Gasteiger partial charge is 0.245 e. The lowest BCUT2D eigenvalue weighted by Crippen LogP contribution is -2.25. The fraction of sp³-hybridized carbons (Fsp3) is 0.167. The van der Waals surface area contributed by atoms with Gasteiger partial charge in [0.05, 0.1) is 10.9 Å². The van der Waals surface area contributed by atoms with E-state index in [0.29, 0.717) is 5.82 Å². The van der Waals surface area contributed by atoms with Gasteiger partial charge in [-0.3, -0.25) is 4.79 Å². The second-order valence-corrected chi connectivity index (χ2v) is 5.99. The molecule has 1 amide bonds. The van der Waals surface area contributed by atoms with Crippen LogP contribution in [0.5, 0.6) is 0 Å². The van der Waals surface area contributed by atoms with Gasteiger partial charge < -0.3 is 5.32 Å². The largest absolute Gasteiger partial charge is 0.343 e. The molecule has 110 valence electrons. The number of hydrogen-bond acceptors (Lipinski definition) is 6. The molecule has 1 aromatic carbocycles. The van der Waals surface area contributed by atoms with Gasteiger partial charge in [0.15, 0.2) is 15.7 Å². The van der Waals surface area contributed by atoms with Crippen LogP contribution >= 0.6 is 0 Å². The Bertz CT molecular complexity index is 726. The molecule has 0 aliphatic rings. The summed E-state index contributed by atoms with van der Waals surface area (Å²) in [5, 5.41) is 16.5. The second-order valence-electron chi connectivity index (χ2n) is 4.16. The number of H-pyrrole nitrogens is 1. The van der Waals surface area contributed by atoms with Crippen molar-refractivity contribution in [1.82, 2.24) is 25.9 Å². The number of carbonyl (C=O) groups is 1. The molecule has 2 aromatic rings. The first kappa shape index (κ1) is 14.9. The Morgan fingerprint density at radius 3 is 2.67 bits per heavy atom. The third-order valence-electron chi connectivity index (χ3n) is 2.58. The van der Waals surface area contributed by atoms with Crippen LogP contribution in [0.3, 0.4) is 0 Å². The van der Waals surface area contributed by atoms with Crippen molar-refractivity contribution in [3.63, 3.8) is 0 Å². The van der Waals surface area contributed by atoms with Crippen LogP contribution in [0.4, 0.5) is 0 Å². The van der Waals surface area contributed by atoms with Crippen molar-refractivity contribution >= 4 is 15.7 Å². The molecule has 0 saturated heterocycles. The molecule has 1 unspecified atom stereocenters. The molecule has 0 fully saturated rings. The summed E-state index contributed by atoms with van der Waals surface area (Å²) >= 11 is 0. The van der Waals surface area contributed by atoms with Crippen molar-refractivity contribution < 1.29 is 13.2 Å². The highest BCUT2D eigenvalue weighted by Gasteiger charge is 2.13. The van der Waals surface area contributed by atoms with Gasteiger partial charge in [-0.15, -0.1) is 10.2 Å². The SMILES string of the molecule is CC(NC(=O)C=CS(=O)(=O)c1ccccc1)c1nn[nH]n1. The first-order valence-electron chi connectivity index (χ1n) is 6.01. The molecule has 1 aromatic heterocycles. The van der Waals surface area contributed by atoms with Gasteiger partial charge in [0, 0.05) is 11.5 Å². The van der Waals surface area contributed by atoms with E-state index in [9.17, 15) is 13.2 Å². The molecule has 2 rings (SSSR count). The molecule has 1 heterocycles. The number of aromatic amines is 1. The van der Waals surface area contributed by atoms with E-state index in [1.807, 2.05) is 0 Å². The summed E-state index contributed by atoms with van der Waals surface area (Å²) < 4.78 is 23.9. The van der Waals surface area contributed by atoms with Crippen molar-refractivity contribution in [2.45, 2.75) is 17.9 Å². The first-order chi connectivity index (χ1) is 9.99.